The molecule has 0 amide bonds. The summed E-state index contributed by atoms with van der Waals surface area (Å²) >= 11 is 0. The van der Waals surface area contributed by atoms with E-state index in [9.17, 15) is 5.11 Å². The number of aryl methyl sites for hydroxylation is 1. The molecule has 0 aliphatic heterocycles. The van der Waals surface area contributed by atoms with Gasteiger partial charge in [0.25, 0.3) is 0 Å². The molecule has 86 valence electrons. The summed E-state index contributed by atoms with van der Waals surface area (Å²) in [7, 11) is 1.88. The van der Waals surface area contributed by atoms with Gasteiger partial charge in [-0.25, -0.2) is 0 Å². The summed E-state index contributed by atoms with van der Waals surface area (Å²) in [6.07, 6.45) is 4.02. The third-order valence-corrected chi connectivity index (χ3v) is 2.10. The number of hydrogen-bond acceptors (Lipinski definition) is 3. The molecule has 0 bridgehead atoms. The van der Waals surface area contributed by atoms with Crippen LogP contribution in [0.15, 0.2) is 12.4 Å². The Balaban J connectivity index is 2.33. The minimum absolute atomic E-state index is 0.0515. The Morgan fingerprint density at radius 3 is 2.67 bits per heavy atom. The summed E-state index contributed by atoms with van der Waals surface area (Å²) in [6.45, 7) is 6.87. The van der Waals surface area contributed by atoms with Crippen molar-refractivity contribution in [2.75, 3.05) is 6.54 Å². The first-order chi connectivity index (χ1) is 6.87. The van der Waals surface area contributed by atoms with Gasteiger partial charge in [0.1, 0.15) is 0 Å². The maximum atomic E-state index is 9.78. The Morgan fingerprint density at radius 1 is 1.53 bits per heavy atom. The van der Waals surface area contributed by atoms with Crippen LogP contribution in [0, 0.1) is 0 Å². The molecule has 0 saturated carbocycles. The molecule has 15 heavy (non-hydrogen) atoms. The number of nitrogens with one attached hydrogen (secondary N) is 1. The number of hydrogen-bond donors (Lipinski definition) is 2. The highest BCUT2D eigenvalue weighted by molar-refractivity contribution is 5.05. The van der Waals surface area contributed by atoms with Gasteiger partial charge in [-0.05, 0) is 26.3 Å². The normalized spacial score (nSPS) is 14.2. The highest BCUT2D eigenvalue weighted by Crippen LogP contribution is 2.03. The zero-order valence-electron chi connectivity index (χ0n) is 9.99. The SMILES string of the molecule is Cn1cc(CC(O)CNC(C)(C)C)cn1. The van der Waals surface area contributed by atoms with Gasteiger partial charge >= 0.3 is 0 Å². The second-order valence-electron chi connectivity index (χ2n) is 5.01. The number of aromatic nitrogens is 2. The van der Waals surface area contributed by atoms with E-state index in [4.69, 9.17) is 0 Å². The third kappa shape index (κ3) is 4.95. The first kappa shape index (κ1) is 12.2. The van der Waals surface area contributed by atoms with Crippen LogP contribution >= 0.6 is 0 Å². The summed E-state index contributed by atoms with van der Waals surface area (Å²) < 4.78 is 1.75. The van der Waals surface area contributed by atoms with E-state index < -0.39 is 0 Å². The lowest BCUT2D eigenvalue weighted by molar-refractivity contribution is 0.161. The van der Waals surface area contributed by atoms with Gasteiger partial charge in [-0.1, -0.05) is 0 Å². The predicted molar refractivity (Wildman–Crippen MR) is 60.7 cm³/mol. The standard InChI is InChI=1S/C11H21N3O/c1-11(2,3)12-7-10(15)5-9-6-13-14(4)8-9/h6,8,10,12,15H,5,7H2,1-4H3. The predicted octanol–water partition coefficient (Wildman–Crippen LogP) is 0.712. The van der Waals surface area contributed by atoms with Crippen molar-refractivity contribution in [1.82, 2.24) is 15.1 Å². The highest BCUT2D eigenvalue weighted by atomic mass is 16.3. The maximum absolute atomic E-state index is 9.78. The van der Waals surface area contributed by atoms with Crippen LogP contribution in [-0.4, -0.2) is 33.1 Å². The quantitative estimate of drug-likeness (QED) is 0.771. The van der Waals surface area contributed by atoms with Crippen LogP contribution in [-0.2, 0) is 13.5 Å². The average Bonchev–Trinajstić information content (AvgIpc) is 2.47. The molecule has 1 unspecified atom stereocenters. The molecule has 1 aromatic heterocycles. The van der Waals surface area contributed by atoms with Crippen molar-refractivity contribution in [3.63, 3.8) is 0 Å². The van der Waals surface area contributed by atoms with Gasteiger partial charge in [0.2, 0.25) is 0 Å². The molecule has 2 N–H and O–H groups in total. The number of β-amino-alcohol motifs (C(OH)–C–C–N with tert-alkyl or cyclic N) is 1. The lowest BCUT2D eigenvalue weighted by Gasteiger charge is -2.22. The van der Waals surface area contributed by atoms with Crippen molar-refractivity contribution in [3.8, 4) is 0 Å². The van der Waals surface area contributed by atoms with Gasteiger partial charge in [-0.15, -0.1) is 0 Å². The largest absolute Gasteiger partial charge is 0.391 e. The van der Waals surface area contributed by atoms with Gasteiger partial charge in [0.05, 0.1) is 12.3 Å². The van der Waals surface area contributed by atoms with E-state index >= 15 is 0 Å². The molecule has 4 heteroatoms. The molecule has 0 radical (unpaired) electrons. The second-order valence-corrected chi connectivity index (χ2v) is 5.01. The van der Waals surface area contributed by atoms with Gasteiger partial charge in [-0.3, -0.25) is 4.68 Å². The minimum Gasteiger partial charge on any atom is -0.391 e. The fourth-order valence-corrected chi connectivity index (χ4v) is 1.35. The number of nitrogens with zero attached hydrogens (tertiary/aromatic N) is 2. The van der Waals surface area contributed by atoms with E-state index in [2.05, 4.69) is 31.2 Å². The smallest absolute Gasteiger partial charge is 0.0706 e. The molecule has 0 aromatic carbocycles. The Morgan fingerprint density at radius 2 is 2.20 bits per heavy atom. The van der Waals surface area contributed by atoms with Gasteiger partial charge < -0.3 is 10.4 Å². The van der Waals surface area contributed by atoms with E-state index in [0.717, 1.165) is 5.56 Å². The summed E-state index contributed by atoms with van der Waals surface area (Å²) in [6, 6.07) is 0. The Bertz CT molecular complexity index is 301. The molecular weight excluding hydrogens is 190 g/mol. The molecular formula is C11H21N3O. The summed E-state index contributed by atoms with van der Waals surface area (Å²) in [5.74, 6) is 0. The summed E-state index contributed by atoms with van der Waals surface area (Å²) in [4.78, 5) is 0. The van der Waals surface area contributed by atoms with Crippen molar-refractivity contribution < 1.29 is 5.11 Å². The maximum Gasteiger partial charge on any atom is 0.0706 e. The van der Waals surface area contributed by atoms with Crippen LogP contribution in [0.1, 0.15) is 26.3 Å². The number of aliphatic hydroxyl groups excluding tert-OH is 1. The van der Waals surface area contributed by atoms with Crippen LogP contribution in [0.3, 0.4) is 0 Å². The lowest BCUT2D eigenvalue weighted by atomic mass is 10.1. The van der Waals surface area contributed by atoms with E-state index in [-0.39, 0.29) is 11.6 Å². The molecule has 1 rings (SSSR count). The topological polar surface area (TPSA) is 50.1 Å². The highest BCUT2D eigenvalue weighted by Gasteiger charge is 2.12. The summed E-state index contributed by atoms with van der Waals surface area (Å²) in [5.41, 5.74) is 1.12. The van der Waals surface area contributed by atoms with Crippen molar-refractivity contribution in [2.45, 2.75) is 38.8 Å². The monoisotopic (exact) mass is 211 g/mol. The van der Waals surface area contributed by atoms with Crippen LogP contribution in [0.5, 0.6) is 0 Å². The molecule has 0 aliphatic carbocycles. The summed E-state index contributed by atoms with van der Waals surface area (Å²) in [5, 5.41) is 17.1. The molecule has 1 atom stereocenters. The average molecular weight is 211 g/mol. The lowest BCUT2D eigenvalue weighted by Crippen LogP contribution is -2.41. The van der Waals surface area contributed by atoms with Crippen LogP contribution in [0.2, 0.25) is 0 Å². The van der Waals surface area contributed by atoms with Crippen LogP contribution in [0.4, 0.5) is 0 Å². The Labute approximate surface area is 91.3 Å². The number of aliphatic hydroxyl groups is 1. The van der Waals surface area contributed by atoms with Gasteiger partial charge in [0, 0.05) is 31.7 Å². The first-order valence-corrected chi connectivity index (χ1v) is 5.27. The molecule has 0 spiro atoms. The molecule has 0 saturated heterocycles. The van der Waals surface area contributed by atoms with Gasteiger partial charge in [-0.2, -0.15) is 5.10 Å². The zero-order valence-corrected chi connectivity index (χ0v) is 9.99. The zero-order chi connectivity index (χ0) is 11.5. The number of rotatable bonds is 4. The molecule has 0 fully saturated rings. The molecule has 1 heterocycles. The molecule has 1 aromatic rings. The third-order valence-electron chi connectivity index (χ3n) is 2.10. The molecule has 0 aliphatic rings. The van der Waals surface area contributed by atoms with Gasteiger partial charge in [0.15, 0.2) is 0 Å². The van der Waals surface area contributed by atoms with Crippen molar-refractivity contribution in [3.05, 3.63) is 18.0 Å². The van der Waals surface area contributed by atoms with Crippen molar-refractivity contribution in [1.29, 1.82) is 0 Å². The van der Waals surface area contributed by atoms with Crippen molar-refractivity contribution >= 4 is 0 Å². The first-order valence-electron chi connectivity index (χ1n) is 5.27. The Hall–Kier alpha value is -0.870. The van der Waals surface area contributed by atoms with Crippen LogP contribution in [0.25, 0.3) is 0 Å². The van der Waals surface area contributed by atoms with E-state index in [1.807, 2.05) is 13.2 Å². The molecule has 4 nitrogen and oxygen atoms in total. The fourth-order valence-electron chi connectivity index (χ4n) is 1.35. The van der Waals surface area contributed by atoms with E-state index in [1.165, 1.54) is 0 Å². The van der Waals surface area contributed by atoms with Crippen LogP contribution < -0.4 is 5.32 Å². The fraction of sp³-hybridized carbons (Fsp3) is 0.727. The van der Waals surface area contributed by atoms with E-state index in [0.29, 0.717) is 13.0 Å². The van der Waals surface area contributed by atoms with Crippen molar-refractivity contribution in [2.24, 2.45) is 7.05 Å². The minimum atomic E-state index is -0.353. The second kappa shape index (κ2) is 4.77. The van der Waals surface area contributed by atoms with E-state index in [1.54, 1.807) is 10.9 Å². The Kier molecular flexibility index (Phi) is 3.88.